The number of phenolic OH excluding ortho intramolecular Hbond substituents is 1. The number of aryl methyl sites for hydroxylation is 1. The van der Waals surface area contributed by atoms with Gasteiger partial charge in [-0.1, -0.05) is 31.5 Å². The molecule has 0 bridgehead atoms. The molecule has 0 radical (unpaired) electrons. The van der Waals surface area contributed by atoms with E-state index in [9.17, 15) is 32.2 Å². The highest BCUT2D eigenvalue weighted by atomic mass is 35.5. The second-order valence-corrected chi connectivity index (χ2v) is 14.9. The molecule has 2 aliphatic heterocycles. The normalized spacial score (nSPS) is 22.4. The Morgan fingerprint density at radius 3 is 2.41 bits per heavy atom. The number of β-amino-alcohol motifs (C(OH)–C–C–N with tert-alkyl or cyclic N) is 1. The Morgan fingerprint density at radius 2 is 1.80 bits per heavy atom. The van der Waals surface area contributed by atoms with Gasteiger partial charge in [-0.2, -0.15) is 23.1 Å². The van der Waals surface area contributed by atoms with E-state index in [4.69, 9.17) is 26.2 Å². The number of carbonyl (C=O) groups is 1. The van der Waals surface area contributed by atoms with Crippen molar-refractivity contribution < 1.29 is 55.6 Å². The van der Waals surface area contributed by atoms with Gasteiger partial charge in [0.2, 0.25) is 6.43 Å². The van der Waals surface area contributed by atoms with Gasteiger partial charge >= 0.3 is 18.2 Å². The van der Waals surface area contributed by atoms with Gasteiger partial charge in [0, 0.05) is 41.9 Å². The number of aromatic nitrogens is 2. The fourth-order valence-electron chi connectivity index (χ4n) is 7.49. The number of aromatic hydroxyl groups is 1. The summed E-state index contributed by atoms with van der Waals surface area (Å²) in [5.74, 6) is -4.84. The van der Waals surface area contributed by atoms with Gasteiger partial charge in [0.05, 0.1) is 17.2 Å². The molecular formula is C37H40ClF7N4O5. The number of nitrogens with zero attached hydrogens (tertiary/aromatic N) is 4. The molecule has 6 rings (SSSR count). The van der Waals surface area contributed by atoms with Gasteiger partial charge in [0.25, 0.3) is 0 Å². The highest BCUT2D eigenvalue weighted by molar-refractivity contribution is 6.35. The number of carboxylic acids is 1. The maximum atomic E-state index is 17.0. The molecule has 3 aromatic carbocycles. The zero-order valence-electron chi connectivity index (χ0n) is 29.9. The zero-order chi connectivity index (χ0) is 39.9. The molecule has 0 saturated carbocycles. The van der Waals surface area contributed by atoms with Crippen LogP contribution in [-0.4, -0.2) is 94.2 Å². The van der Waals surface area contributed by atoms with E-state index < -0.39 is 47.1 Å². The molecule has 0 spiro atoms. The number of hydrogen-bond acceptors (Lipinski definition) is 8. The van der Waals surface area contributed by atoms with E-state index in [2.05, 4.69) is 9.97 Å². The number of aliphatic hydroxyl groups is 1. The van der Waals surface area contributed by atoms with Crippen LogP contribution in [0.3, 0.4) is 0 Å². The van der Waals surface area contributed by atoms with Gasteiger partial charge in [0.15, 0.2) is 5.82 Å². The maximum Gasteiger partial charge on any atom is 0.490 e. The predicted octanol–water partition coefficient (Wildman–Crippen LogP) is 8.24. The zero-order valence-corrected chi connectivity index (χ0v) is 30.6. The van der Waals surface area contributed by atoms with E-state index in [1.165, 1.54) is 30.3 Å². The number of alkyl halides is 5. The number of aliphatic carboxylic acids is 1. The summed E-state index contributed by atoms with van der Waals surface area (Å²) in [4.78, 5) is 21.8. The third-order valence-electron chi connectivity index (χ3n) is 10.0. The number of benzene rings is 3. The van der Waals surface area contributed by atoms with Crippen molar-refractivity contribution >= 4 is 45.1 Å². The lowest BCUT2D eigenvalue weighted by Gasteiger charge is -2.44. The summed E-state index contributed by atoms with van der Waals surface area (Å²) in [7, 11) is 1.87. The van der Waals surface area contributed by atoms with Crippen molar-refractivity contribution in [1.82, 2.24) is 14.9 Å². The second kappa shape index (κ2) is 15.5. The molecule has 1 unspecified atom stereocenters. The summed E-state index contributed by atoms with van der Waals surface area (Å²) in [6.07, 6.45) is -5.81. The number of phenols is 1. The molecule has 3 heterocycles. The van der Waals surface area contributed by atoms with E-state index in [1.807, 2.05) is 16.8 Å². The second-order valence-electron chi connectivity index (χ2n) is 14.5. The van der Waals surface area contributed by atoms with Crippen molar-refractivity contribution in [3.8, 4) is 22.9 Å². The van der Waals surface area contributed by atoms with Crippen molar-refractivity contribution in [2.24, 2.45) is 11.3 Å². The van der Waals surface area contributed by atoms with Crippen LogP contribution in [0.1, 0.15) is 45.6 Å². The number of halogens is 8. The lowest BCUT2D eigenvalue weighted by atomic mass is 9.73. The Hall–Kier alpha value is -4.15. The number of ether oxygens (including phenoxy) is 1. The van der Waals surface area contributed by atoms with Gasteiger partial charge in [-0.3, -0.25) is 0 Å². The molecule has 17 heteroatoms. The van der Waals surface area contributed by atoms with Crippen LogP contribution in [-0.2, 0) is 11.2 Å². The summed E-state index contributed by atoms with van der Waals surface area (Å²) in [5.41, 5.74) is -1.65. The van der Waals surface area contributed by atoms with E-state index in [1.54, 1.807) is 20.8 Å². The minimum Gasteiger partial charge on any atom is -0.508 e. The van der Waals surface area contributed by atoms with Crippen LogP contribution in [0.15, 0.2) is 30.3 Å². The molecule has 9 nitrogen and oxygen atoms in total. The highest BCUT2D eigenvalue weighted by Gasteiger charge is 2.45. The van der Waals surface area contributed by atoms with Crippen LogP contribution >= 0.6 is 11.6 Å². The molecular weight excluding hydrogens is 749 g/mol. The van der Waals surface area contributed by atoms with Gasteiger partial charge in [0.1, 0.15) is 22.9 Å². The number of fused-ring (bicyclic) bond motifs is 2. The minimum atomic E-state index is -5.08. The summed E-state index contributed by atoms with van der Waals surface area (Å²) < 4.78 is 98.1. The van der Waals surface area contributed by atoms with E-state index in [0.717, 1.165) is 0 Å². The molecule has 294 valence electrons. The van der Waals surface area contributed by atoms with Crippen LogP contribution in [0.25, 0.3) is 32.8 Å². The molecule has 54 heavy (non-hydrogen) atoms. The number of likely N-dealkylation sites (tertiary alicyclic amines) is 1. The van der Waals surface area contributed by atoms with Crippen molar-refractivity contribution in [1.29, 1.82) is 0 Å². The Kier molecular flexibility index (Phi) is 11.8. The first-order valence-electron chi connectivity index (χ1n) is 17.2. The van der Waals surface area contributed by atoms with Gasteiger partial charge < -0.3 is 29.9 Å². The molecule has 0 aliphatic carbocycles. The fourth-order valence-corrected chi connectivity index (χ4v) is 7.78. The Bertz CT molecular complexity index is 2050. The Balaban J connectivity index is 0.000000730. The van der Waals surface area contributed by atoms with E-state index in [-0.39, 0.29) is 57.8 Å². The lowest BCUT2D eigenvalue weighted by Crippen LogP contribution is -2.51. The third-order valence-corrected chi connectivity index (χ3v) is 10.3. The van der Waals surface area contributed by atoms with Crippen LogP contribution in [0, 0.1) is 23.0 Å². The first kappa shape index (κ1) is 41.0. The average Bonchev–Trinajstić information content (AvgIpc) is 3.06. The average molecular weight is 789 g/mol. The fraction of sp³-hybridized carbons (Fsp3) is 0.486. The van der Waals surface area contributed by atoms with Gasteiger partial charge in [-0.15, -0.1) is 0 Å². The molecule has 1 aromatic heterocycles. The van der Waals surface area contributed by atoms with Crippen molar-refractivity contribution in [3.63, 3.8) is 0 Å². The predicted molar refractivity (Wildman–Crippen MR) is 189 cm³/mol. The molecule has 3 atom stereocenters. The maximum absolute atomic E-state index is 17.0. The number of piperidine rings is 2. The summed E-state index contributed by atoms with van der Waals surface area (Å²) in [5, 5.41) is 29.8. The monoisotopic (exact) mass is 788 g/mol. The molecule has 3 N–H and O–H groups in total. The van der Waals surface area contributed by atoms with Crippen molar-refractivity contribution in [2.75, 3.05) is 44.7 Å². The lowest BCUT2D eigenvalue weighted by molar-refractivity contribution is -0.192. The largest absolute Gasteiger partial charge is 0.508 e. The quantitative estimate of drug-likeness (QED) is 0.159. The molecule has 4 aromatic rings. The number of anilines is 1. The SMILES string of the molecule is CCc1c(F)ccc2cc(O)cc(-c3c(Cl)cc4c(N5CCCC(C)(O)C5)nc(OC[C@]5(C)CN(C)CC[C@@H]5C(F)F)nc4c3F)c12.O=C(O)C(F)(F)F. The molecule has 2 saturated heterocycles. The van der Waals surface area contributed by atoms with Crippen LogP contribution in [0.4, 0.5) is 36.6 Å². The Labute approximate surface area is 311 Å². The van der Waals surface area contributed by atoms with E-state index >= 15 is 8.78 Å². The first-order chi connectivity index (χ1) is 25.2. The number of carboxylic acid groups (broad SMARTS) is 1. The van der Waals surface area contributed by atoms with Crippen LogP contribution in [0.5, 0.6) is 11.8 Å². The van der Waals surface area contributed by atoms with Gasteiger partial charge in [-0.25, -0.2) is 22.4 Å². The summed E-state index contributed by atoms with van der Waals surface area (Å²) in [6.45, 7) is 6.73. The minimum absolute atomic E-state index is 0.00645. The van der Waals surface area contributed by atoms with Crippen LogP contribution in [0.2, 0.25) is 5.02 Å². The molecule has 2 aliphatic rings. The highest BCUT2D eigenvalue weighted by Crippen LogP contribution is 2.45. The summed E-state index contributed by atoms with van der Waals surface area (Å²) >= 11 is 6.83. The van der Waals surface area contributed by atoms with Crippen molar-refractivity contribution in [2.45, 2.75) is 64.7 Å². The smallest absolute Gasteiger partial charge is 0.490 e. The number of rotatable bonds is 7. The van der Waals surface area contributed by atoms with Crippen molar-refractivity contribution in [3.05, 3.63) is 52.6 Å². The number of hydrogen-bond donors (Lipinski definition) is 3. The van der Waals surface area contributed by atoms with Crippen LogP contribution < -0.4 is 9.64 Å². The molecule has 2 fully saturated rings. The summed E-state index contributed by atoms with van der Waals surface area (Å²) in [6, 6.07) is 6.99. The topological polar surface area (TPSA) is 119 Å². The van der Waals surface area contributed by atoms with Gasteiger partial charge in [-0.05, 0) is 92.4 Å². The molecule has 0 amide bonds. The first-order valence-corrected chi connectivity index (χ1v) is 17.5. The third kappa shape index (κ3) is 8.55. The standard InChI is InChI=1S/C35H39ClF4N4O3.C2HF3O2/c1-5-21-26(37)8-7-19-13-20(45)14-22(27(19)21)28-25(36)15-23-30(29(28)38)41-33(42-32(23)44-11-6-10-35(3,46)17-44)47-18-34(2)16-43(4)12-9-24(34)31(39)40;3-2(4,5)1(6)7/h7-8,13-15,24,31,45-46H,5-6,9-12,16-18H2,1-4H3;(H,6,7)/t24-,34+,35?;/m1./s1. The Morgan fingerprint density at radius 1 is 1.11 bits per heavy atom. The van der Waals surface area contributed by atoms with E-state index in [0.29, 0.717) is 61.7 Å².